The number of allylic oxidation sites excluding steroid dienone is 23. The zero-order valence-corrected chi connectivity index (χ0v) is 47.1. The summed E-state index contributed by atoms with van der Waals surface area (Å²) in [4.78, 5) is 51.0. The first kappa shape index (κ1) is 69.6. The number of carbonyl (C=O) groups is 4. The highest BCUT2D eigenvalue weighted by Crippen LogP contribution is 2.26. The van der Waals surface area contributed by atoms with Crippen LogP contribution in [0.25, 0.3) is 0 Å². The molecule has 1 saturated heterocycles. The zero-order valence-electron chi connectivity index (χ0n) is 47.1. The van der Waals surface area contributed by atoms with Gasteiger partial charge in [0, 0.05) is 12.8 Å². The summed E-state index contributed by atoms with van der Waals surface area (Å²) in [6, 6.07) is 0. The van der Waals surface area contributed by atoms with Gasteiger partial charge in [0.25, 0.3) is 0 Å². The van der Waals surface area contributed by atoms with Crippen molar-refractivity contribution in [3.63, 3.8) is 0 Å². The largest absolute Gasteiger partial charge is 0.479 e. The molecule has 1 rings (SSSR count). The fraction of sp³-hybridized carbons (Fsp3) is 0.569. The second-order valence-electron chi connectivity index (χ2n) is 18.8. The van der Waals surface area contributed by atoms with Gasteiger partial charge < -0.3 is 39.0 Å². The molecule has 77 heavy (non-hydrogen) atoms. The number of aliphatic hydroxyl groups excluding tert-OH is 2. The van der Waals surface area contributed by atoms with Crippen LogP contribution in [0.4, 0.5) is 0 Å². The van der Waals surface area contributed by atoms with E-state index in [0.29, 0.717) is 19.3 Å². The summed E-state index contributed by atoms with van der Waals surface area (Å²) in [5.74, 6) is -3.37. The third-order valence-corrected chi connectivity index (χ3v) is 11.9. The molecule has 0 bridgehead atoms. The summed E-state index contributed by atoms with van der Waals surface area (Å²) >= 11 is 0. The molecule has 0 aromatic rings. The van der Waals surface area contributed by atoms with Crippen molar-refractivity contribution in [2.45, 2.75) is 225 Å². The molecule has 0 saturated carbocycles. The second-order valence-corrected chi connectivity index (χ2v) is 18.8. The van der Waals surface area contributed by atoms with E-state index in [1.165, 1.54) is 0 Å². The maximum Gasteiger partial charge on any atom is 0.335 e. The fourth-order valence-electron chi connectivity index (χ4n) is 7.62. The van der Waals surface area contributed by atoms with Crippen LogP contribution in [-0.2, 0) is 42.9 Å². The highest BCUT2D eigenvalue weighted by molar-refractivity contribution is 5.74. The van der Waals surface area contributed by atoms with Gasteiger partial charge in [-0.15, -0.1) is 0 Å². The van der Waals surface area contributed by atoms with Crippen molar-refractivity contribution in [2.75, 3.05) is 13.2 Å². The minimum atomic E-state index is -1.95. The van der Waals surface area contributed by atoms with Gasteiger partial charge in [-0.1, -0.05) is 199 Å². The van der Waals surface area contributed by atoms with Crippen LogP contribution in [0.3, 0.4) is 0 Å². The zero-order chi connectivity index (χ0) is 56.1. The van der Waals surface area contributed by atoms with Crippen molar-refractivity contribution in [3.8, 4) is 0 Å². The van der Waals surface area contributed by atoms with Gasteiger partial charge in [-0.2, -0.15) is 0 Å². The number of carboxylic acid groups (broad SMARTS) is 1. The van der Waals surface area contributed by atoms with Crippen molar-refractivity contribution >= 4 is 23.9 Å². The van der Waals surface area contributed by atoms with Gasteiger partial charge in [0.05, 0.1) is 13.0 Å². The minimum Gasteiger partial charge on any atom is -0.479 e. The first-order valence-corrected chi connectivity index (χ1v) is 28.8. The molecule has 0 aromatic carbocycles. The van der Waals surface area contributed by atoms with Gasteiger partial charge in [-0.05, 0) is 116 Å². The Morgan fingerprint density at radius 2 is 0.818 bits per heavy atom. The number of unbranched alkanes of at least 4 members (excludes halogenated alkanes) is 9. The number of esters is 3. The Hall–Kier alpha value is -5.40. The standard InChI is InChI=1S/C65H98O12/c1-4-7-10-13-16-19-22-25-27-28-29-30-32-34-36-39-42-45-48-51-57(66)73-54-56(75-58(67)52-49-46-43-40-37-33-24-21-18-15-12-9-6-3)55-74-65-63(61(70)60(69)62(77-65)64(71)72)76-59(68)53-50-47-44-41-38-35-31-26-23-20-17-14-11-8-5-2/h7-12,16-21,25-27,29-31,33,37-38,41,47,50,56,60-63,65,69-70H,4-6,13-15,22-24,28,32,34-36,39-40,42-46,48-49,51-55H2,1-3H3,(H,71,72)/b10-7-,11-8-,12-9-,19-16-,20-17-,21-18-,27-25-,30-29-,31-26-,37-33-,41-38-,50-47-. The predicted octanol–water partition coefficient (Wildman–Crippen LogP) is 14.8. The van der Waals surface area contributed by atoms with Gasteiger partial charge in [-0.3, -0.25) is 14.4 Å². The number of hydrogen-bond acceptors (Lipinski definition) is 11. The van der Waals surface area contributed by atoms with E-state index in [-0.39, 0.29) is 25.9 Å². The third-order valence-electron chi connectivity index (χ3n) is 11.9. The van der Waals surface area contributed by atoms with Crippen molar-refractivity contribution in [1.82, 2.24) is 0 Å². The summed E-state index contributed by atoms with van der Waals surface area (Å²) < 4.78 is 28.2. The third kappa shape index (κ3) is 41.4. The van der Waals surface area contributed by atoms with E-state index in [2.05, 4.69) is 142 Å². The maximum atomic E-state index is 13.1. The van der Waals surface area contributed by atoms with Gasteiger partial charge in [-0.25, -0.2) is 4.79 Å². The molecule has 0 aromatic heterocycles. The average molecular weight is 1070 g/mol. The summed E-state index contributed by atoms with van der Waals surface area (Å²) in [7, 11) is 0. The van der Waals surface area contributed by atoms with Crippen molar-refractivity contribution in [1.29, 1.82) is 0 Å². The van der Waals surface area contributed by atoms with Crippen LogP contribution in [0.15, 0.2) is 146 Å². The lowest BCUT2D eigenvalue weighted by atomic mass is 9.98. The molecule has 12 nitrogen and oxygen atoms in total. The number of aliphatic hydroxyl groups is 2. The lowest BCUT2D eigenvalue weighted by Crippen LogP contribution is -2.61. The van der Waals surface area contributed by atoms with Crippen LogP contribution in [0.5, 0.6) is 0 Å². The molecule has 6 atom stereocenters. The molecule has 1 heterocycles. The molecule has 6 unspecified atom stereocenters. The number of aliphatic carboxylic acids is 1. The minimum absolute atomic E-state index is 0.105. The van der Waals surface area contributed by atoms with Crippen LogP contribution < -0.4 is 0 Å². The Kier molecular flexibility index (Phi) is 46.4. The molecule has 12 heteroatoms. The number of rotatable bonds is 46. The van der Waals surface area contributed by atoms with E-state index in [1.54, 1.807) is 12.2 Å². The van der Waals surface area contributed by atoms with Crippen LogP contribution in [0.1, 0.15) is 188 Å². The molecule has 0 aliphatic carbocycles. The molecule has 430 valence electrons. The molecule has 0 radical (unpaired) electrons. The second kappa shape index (κ2) is 51.4. The highest BCUT2D eigenvalue weighted by atomic mass is 16.7. The Bertz CT molecular complexity index is 1890. The topological polar surface area (TPSA) is 175 Å². The fourth-order valence-corrected chi connectivity index (χ4v) is 7.62. The molecule has 1 aliphatic rings. The molecular formula is C65H98O12. The van der Waals surface area contributed by atoms with Crippen LogP contribution in [-0.4, -0.2) is 89.2 Å². The smallest absolute Gasteiger partial charge is 0.335 e. The number of carboxylic acids is 1. The Balaban J connectivity index is 2.77. The van der Waals surface area contributed by atoms with Crippen LogP contribution in [0.2, 0.25) is 0 Å². The van der Waals surface area contributed by atoms with E-state index < -0.39 is 67.3 Å². The van der Waals surface area contributed by atoms with Crippen molar-refractivity contribution in [2.24, 2.45) is 0 Å². The van der Waals surface area contributed by atoms with Gasteiger partial charge >= 0.3 is 23.9 Å². The van der Waals surface area contributed by atoms with E-state index in [9.17, 15) is 34.5 Å². The van der Waals surface area contributed by atoms with E-state index in [0.717, 1.165) is 128 Å². The highest BCUT2D eigenvalue weighted by Gasteiger charge is 2.50. The molecule has 1 fully saturated rings. The number of ether oxygens (including phenoxy) is 5. The lowest BCUT2D eigenvalue weighted by Gasteiger charge is -2.40. The van der Waals surface area contributed by atoms with Crippen LogP contribution >= 0.6 is 0 Å². The lowest BCUT2D eigenvalue weighted by molar-refractivity contribution is -0.301. The summed E-state index contributed by atoms with van der Waals surface area (Å²) in [6.07, 6.45) is 61.3. The first-order chi connectivity index (χ1) is 37.6. The van der Waals surface area contributed by atoms with Gasteiger partial charge in [0.15, 0.2) is 24.6 Å². The Morgan fingerprint density at radius 1 is 0.442 bits per heavy atom. The predicted molar refractivity (Wildman–Crippen MR) is 312 cm³/mol. The first-order valence-electron chi connectivity index (χ1n) is 28.8. The van der Waals surface area contributed by atoms with Gasteiger partial charge in [0.1, 0.15) is 18.8 Å². The van der Waals surface area contributed by atoms with E-state index >= 15 is 0 Å². The molecule has 0 spiro atoms. The van der Waals surface area contributed by atoms with E-state index in [1.807, 2.05) is 12.2 Å². The molecular weight excluding hydrogens is 973 g/mol. The summed E-state index contributed by atoms with van der Waals surface area (Å²) in [5, 5.41) is 31.4. The number of carbonyl (C=O) groups excluding carboxylic acids is 3. The van der Waals surface area contributed by atoms with E-state index in [4.69, 9.17) is 23.7 Å². The normalized spacial score (nSPS) is 19.1. The number of hydrogen-bond donors (Lipinski definition) is 3. The van der Waals surface area contributed by atoms with Crippen molar-refractivity contribution in [3.05, 3.63) is 146 Å². The quantitative estimate of drug-likeness (QED) is 0.0228. The summed E-state index contributed by atoms with van der Waals surface area (Å²) in [6.45, 7) is 5.54. The molecule has 1 aliphatic heterocycles. The molecule has 3 N–H and O–H groups in total. The van der Waals surface area contributed by atoms with Gasteiger partial charge in [0.2, 0.25) is 0 Å². The average Bonchev–Trinajstić information content (AvgIpc) is 3.42. The van der Waals surface area contributed by atoms with Crippen molar-refractivity contribution < 1.29 is 58.2 Å². The SMILES string of the molecule is CC/C=C\C/C=C\C/C=C\C/C=C\C/C=C\CC(=O)OC1C(OCC(COC(=O)CCCCCCCC/C=C\C/C=C\C/C=C\C/C=C\CC)OC(=O)CCCCC/C=C\C/C=C\C/C=C\CC)OC(C(=O)O)C(O)C1O. The monoisotopic (exact) mass is 1070 g/mol. The Labute approximate surface area is 463 Å². The Morgan fingerprint density at radius 3 is 1.26 bits per heavy atom. The summed E-state index contributed by atoms with van der Waals surface area (Å²) in [5.41, 5.74) is 0. The molecule has 0 amide bonds. The maximum absolute atomic E-state index is 13.1. The van der Waals surface area contributed by atoms with Crippen LogP contribution in [0, 0.1) is 0 Å².